The number of ether oxygens (including phenoxy) is 2. The molecule has 6 heteroatoms. The molecule has 2 saturated heterocycles. The molecular formula is C16H19ClFNO3. The van der Waals surface area contributed by atoms with E-state index in [2.05, 4.69) is 0 Å². The molecule has 4 nitrogen and oxygen atoms in total. The van der Waals surface area contributed by atoms with Gasteiger partial charge < -0.3 is 14.4 Å². The smallest absolute Gasteiger partial charge is 0.258 e. The topological polar surface area (TPSA) is 38.8 Å². The van der Waals surface area contributed by atoms with Gasteiger partial charge in [-0.15, -0.1) is 0 Å². The van der Waals surface area contributed by atoms with Crippen LogP contribution in [0.15, 0.2) is 18.2 Å². The molecule has 1 aromatic rings. The summed E-state index contributed by atoms with van der Waals surface area (Å²) in [5, 5.41) is 0.145. The number of carbonyl (C=O) groups excluding carboxylic acids is 1. The van der Waals surface area contributed by atoms with Crippen LogP contribution in [0.2, 0.25) is 5.02 Å². The van der Waals surface area contributed by atoms with Gasteiger partial charge in [0.1, 0.15) is 5.82 Å². The minimum atomic E-state index is -0.655. The third-order valence-electron chi connectivity index (χ3n) is 4.49. The number of likely N-dealkylation sites (tertiary alicyclic amines) is 1. The van der Waals surface area contributed by atoms with Crippen LogP contribution in [-0.4, -0.2) is 42.9 Å². The summed E-state index contributed by atoms with van der Waals surface area (Å²) in [6.07, 6.45) is 1.76. The fraction of sp³-hybridized carbons (Fsp3) is 0.562. The normalized spacial score (nSPS) is 24.5. The average molecular weight is 328 g/mol. The largest absolute Gasteiger partial charge is 0.347 e. The van der Waals surface area contributed by atoms with E-state index in [9.17, 15) is 9.18 Å². The van der Waals surface area contributed by atoms with Gasteiger partial charge in [-0.3, -0.25) is 4.79 Å². The van der Waals surface area contributed by atoms with Crippen molar-refractivity contribution >= 4 is 17.5 Å². The van der Waals surface area contributed by atoms with Gasteiger partial charge >= 0.3 is 0 Å². The Morgan fingerprint density at radius 1 is 1.41 bits per heavy atom. The first-order valence-corrected chi connectivity index (χ1v) is 7.90. The molecule has 1 atom stereocenters. The third-order valence-corrected chi connectivity index (χ3v) is 4.80. The molecule has 0 spiro atoms. The van der Waals surface area contributed by atoms with Crippen molar-refractivity contribution in [3.63, 3.8) is 0 Å². The summed E-state index contributed by atoms with van der Waals surface area (Å²) in [5.41, 5.74) is -0.0526. The van der Waals surface area contributed by atoms with Crippen LogP contribution in [0.5, 0.6) is 0 Å². The Kier molecular flexibility index (Phi) is 4.39. The van der Waals surface area contributed by atoms with Crippen LogP contribution in [0.25, 0.3) is 0 Å². The predicted octanol–water partition coefficient (Wildman–Crippen LogP) is 3.09. The molecule has 0 radical (unpaired) electrons. The highest BCUT2D eigenvalue weighted by molar-refractivity contribution is 6.33. The summed E-state index contributed by atoms with van der Waals surface area (Å²) in [6.45, 7) is 4.13. The van der Waals surface area contributed by atoms with E-state index < -0.39 is 11.6 Å². The number of amides is 1. The lowest BCUT2D eigenvalue weighted by atomic mass is 9.90. The lowest BCUT2D eigenvalue weighted by Crippen LogP contribution is -2.48. The van der Waals surface area contributed by atoms with Gasteiger partial charge in [0, 0.05) is 19.0 Å². The second-order valence-electron chi connectivity index (χ2n) is 5.90. The lowest BCUT2D eigenvalue weighted by molar-refractivity contribution is -0.189. The summed E-state index contributed by atoms with van der Waals surface area (Å²) in [7, 11) is 0. The SMILES string of the molecule is CC1([C@@H]2CCCN(C(=O)c3c(F)cccc3Cl)C2)OCCO1. The van der Waals surface area contributed by atoms with Crippen molar-refractivity contribution in [1.82, 2.24) is 4.90 Å². The lowest BCUT2D eigenvalue weighted by Gasteiger charge is -2.40. The molecule has 2 aliphatic heterocycles. The highest BCUT2D eigenvalue weighted by Crippen LogP contribution is 2.35. The Bertz CT molecular complexity index is 554. The van der Waals surface area contributed by atoms with Gasteiger partial charge in [-0.25, -0.2) is 4.39 Å². The van der Waals surface area contributed by atoms with E-state index in [4.69, 9.17) is 21.1 Å². The zero-order valence-corrected chi connectivity index (χ0v) is 13.2. The summed E-state index contributed by atoms with van der Waals surface area (Å²) in [5.74, 6) is -1.52. The molecule has 22 heavy (non-hydrogen) atoms. The van der Waals surface area contributed by atoms with Crippen molar-refractivity contribution in [2.24, 2.45) is 5.92 Å². The average Bonchev–Trinajstić information content (AvgIpc) is 2.95. The number of carbonyl (C=O) groups is 1. The van der Waals surface area contributed by atoms with Crippen LogP contribution in [-0.2, 0) is 9.47 Å². The van der Waals surface area contributed by atoms with Crippen LogP contribution >= 0.6 is 11.6 Å². The third kappa shape index (κ3) is 2.85. The number of hydrogen-bond donors (Lipinski definition) is 0. The van der Waals surface area contributed by atoms with Crippen LogP contribution < -0.4 is 0 Å². The van der Waals surface area contributed by atoms with E-state index in [1.807, 2.05) is 6.92 Å². The molecule has 0 unspecified atom stereocenters. The summed E-state index contributed by atoms with van der Waals surface area (Å²) in [6, 6.07) is 4.28. The molecule has 0 aliphatic carbocycles. The number of hydrogen-bond acceptors (Lipinski definition) is 3. The van der Waals surface area contributed by atoms with Gasteiger partial charge in [-0.1, -0.05) is 17.7 Å². The van der Waals surface area contributed by atoms with E-state index in [0.29, 0.717) is 26.3 Å². The first-order valence-electron chi connectivity index (χ1n) is 7.52. The second kappa shape index (κ2) is 6.14. The Hall–Kier alpha value is -1.17. The first-order chi connectivity index (χ1) is 10.5. The maximum absolute atomic E-state index is 13.9. The van der Waals surface area contributed by atoms with Crippen LogP contribution in [0.3, 0.4) is 0 Å². The standard InChI is InChI=1S/C16H19ClFNO3/c1-16(21-8-9-22-16)11-4-3-7-19(10-11)15(20)14-12(17)5-2-6-13(14)18/h2,5-6,11H,3-4,7-10H2,1H3/t11-/m1/s1. The molecule has 120 valence electrons. The molecule has 1 amide bonds. The quantitative estimate of drug-likeness (QED) is 0.838. The van der Waals surface area contributed by atoms with E-state index in [0.717, 1.165) is 12.8 Å². The van der Waals surface area contributed by atoms with Crippen molar-refractivity contribution in [3.05, 3.63) is 34.6 Å². The molecule has 2 aliphatic rings. The maximum atomic E-state index is 13.9. The zero-order chi connectivity index (χ0) is 15.7. The van der Waals surface area contributed by atoms with E-state index in [1.165, 1.54) is 18.2 Å². The molecule has 0 N–H and O–H groups in total. The predicted molar refractivity (Wildman–Crippen MR) is 80.3 cm³/mol. The number of piperidine rings is 1. The van der Waals surface area contributed by atoms with Gasteiger partial charge in [-0.05, 0) is 31.9 Å². The molecule has 1 aromatic carbocycles. The minimum absolute atomic E-state index is 0.0526. The number of benzene rings is 1. The monoisotopic (exact) mass is 327 g/mol. The molecule has 0 aromatic heterocycles. The molecule has 2 heterocycles. The van der Waals surface area contributed by atoms with Gasteiger partial charge in [0.15, 0.2) is 5.79 Å². The number of nitrogens with zero attached hydrogens (tertiary/aromatic N) is 1. The Balaban J connectivity index is 1.78. The van der Waals surface area contributed by atoms with Crippen molar-refractivity contribution in [2.45, 2.75) is 25.6 Å². The van der Waals surface area contributed by atoms with Gasteiger partial charge in [0.25, 0.3) is 5.91 Å². The first kappa shape index (κ1) is 15.7. The Morgan fingerprint density at radius 2 is 2.14 bits per heavy atom. The van der Waals surface area contributed by atoms with Crippen LogP contribution in [0.1, 0.15) is 30.1 Å². The van der Waals surface area contributed by atoms with Crippen molar-refractivity contribution in [1.29, 1.82) is 0 Å². The summed E-state index contributed by atoms with van der Waals surface area (Å²) >= 11 is 6.00. The molecule has 0 bridgehead atoms. The van der Waals surface area contributed by atoms with E-state index in [-0.39, 0.29) is 22.4 Å². The molecule has 2 fully saturated rings. The Labute approximate surface area is 134 Å². The van der Waals surface area contributed by atoms with E-state index >= 15 is 0 Å². The second-order valence-corrected chi connectivity index (χ2v) is 6.31. The highest BCUT2D eigenvalue weighted by atomic mass is 35.5. The fourth-order valence-corrected chi connectivity index (χ4v) is 3.46. The Morgan fingerprint density at radius 3 is 2.82 bits per heavy atom. The summed E-state index contributed by atoms with van der Waals surface area (Å²) < 4.78 is 25.3. The van der Waals surface area contributed by atoms with Crippen molar-refractivity contribution in [2.75, 3.05) is 26.3 Å². The fourth-order valence-electron chi connectivity index (χ4n) is 3.22. The summed E-state index contributed by atoms with van der Waals surface area (Å²) in [4.78, 5) is 14.3. The van der Waals surface area contributed by atoms with Crippen molar-refractivity contribution in [3.8, 4) is 0 Å². The molecule has 0 saturated carbocycles. The minimum Gasteiger partial charge on any atom is -0.347 e. The van der Waals surface area contributed by atoms with Gasteiger partial charge in [-0.2, -0.15) is 0 Å². The zero-order valence-electron chi connectivity index (χ0n) is 12.5. The number of rotatable bonds is 2. The van der Waals surface area contributed by atoms with E-state index in [1.54, 1.807) is 4.90 Å². The van der Waals surface area contributed by atoms with Crippen LogP contribution in [0.4, 0.5) is 4.39 Å². The molecular weight excluding hydrogens is 309 g/mol. The maximum Gasteiger partial charge on any atom is 0.258 e. The molecule has 3 rings (SSSR count). The number of halogens is 2. The van der Waals surface area contributed by atoms with Crippen LogP contribution in [0, 0.1) is 11.7 Å². The van der Waals surface area contributed by atoms with Gasteiger partial charge in [0.2, 0.25) is 0 Å². The van der Waals surface area contributed by atoms with Gasteiger partial charge in [0.05, 0.1) is 23.8 Å². The highest BCUT2D eigenvalue weighted by Gasteiger charge is 2.42. The van der Waals surface area contributed by atoms with Crippen molar-refractivity contribution < 1.29 is 18.7 Å².